The molecule has 0 unspecified atom stereocenters. The van der Waals surface area contributed by atoms with Crippen molar-refractivity contribution in [1.29, 1.82) is 0 Å². The summed E-state index contributed by atoms with van der Waals surface area (Å²) in [5, 5.41) is 5.66. The molecule has 0 bridgehead atoms. The summed E-state index contributed by atoms with van der Waals surface area (Å²) >= 11 is 0. The summed E-state index contributed by atoms with van der Waals surface area (Å²) in [6.45, 7) is 3.32. The summed E-state index contributed by atoms with van der Waals surface area (Å²) in [6, 6.07) is 9.12. The zero-order valence-electron chi connectivity index (χ0n) is 11.8. The van der Waals surface area contributed by atoms with Crippen molar-refractivity contribution in [2.45, 2.75) is 20.4 Å². The maximum atomic E-state index is 13.5. The lowest BCUT2D eigenvalue weighted by atomic mass is 10.1. The van der Waals surface area contributed by atoms with Crippen molar-refractivity contribution >= 4 is 17.3 Å². The Morgan fingerprint density at radius 1 is 1.14 bits per heavy atom. The Bertz CT molecular complexity index is 651. The highest BCUT2D eigenvalue weighted by Crippen LogP contribution is 2.21. The van der Waals surface area contributed by atoms with E-state index < -0.39 is 11.6 Å². The number of nitrogens with one attached hydrogen (secondary N) is 2. The lowest BCUT2D eigenvalue weighted by Crippen LogP contribution is -2.08. The standard InChI is InChI=1S/C16H16F2N2O/c1-10-6-7-12(8-16(10)20-11(2)21)19-9-13-14(17)4-3-5-15(13)18/h3-8,19H,9H2,1-2H3,(H,20,21). The molecule has 21 heavy (non-hydrogen) atoms. The zero-order chi connectivity index (χ0) is 15.4. The van der Waals surface area contributed by atoms with Crippen molar-refractivity contribution in [3.8, 4) is 0 Å². The highest BCUT2D eigenvalue weighted by Gasteiger charge is 2.08. The van der Waals surface area contributed by atoms with Gasteiger partial charge < -0.3 is 10.6 Å². The number of rotatable bonds is 4. The number of hydrogen-bond donors (Lipinski definition) is 2. The van der Waals surface area contributed by atoms with Crippen LogP contribution in [-0.2, 0) is 11.3 Å². The van der Waals surface area contributed by atoms with Gasteiger partial charge in [-0.2, -0.15) is 0 Å². The summed E-state index contributed by atoms with van der Waals surface area (Å²) in [6.07, 6.45) is 0. The van der Waals surface area contributed by atoms with Gasteiger partial charge in [-0.05, 0) is 36.8 Å². The van der Waals surface area contributed by atoms with Crippen LogP contribution >= 0.6 is 0 Å². The van der Waals surface area contributed by atoms with E-state index in [4.69, 9.17) is 0 Å². The molecule has 0 aromatic heterocycles. The van der Waals surface area contributed by atoms with Crippen LogP contribution in [0.15, 0.2) is 36.4 Å². The molecule has 0 aliphatic rings. The van der Waals surface area contributed by atoms with Crippen LogP contribution in [0.3, 0.4) is 0 Å². The minimum absolute atomic E-state index is 0.0147. The van der Waals surface area contributed by atoms with Gasteiger partial charge in [-0.25, -0.2) is 8.78 Å². The summed E-state index contributed by atoms with van der Waals surface area (Å²) in [7, 11) is 0. The van der Waals surface area contributed by atoms with Gasteiger partial charge >= 0.3 is 0 Å². The van der Waals surface area contributed by atoms with E-state index in [1.165, 1.54) is 25.1 Å². The molecule has 0 aliphatic heterocycles. The van der Waals surface area contributed by atoms with E-state index >= 15 is 0 Å². The highest BCUT2D eigenvalue weighted by atomic mass is 19.1. The van der Waals surface area contributed by atoms with Crippen LogP contribution in [0.5, 0.6) is 0 Å². The second-order valence-corrected chi connectivity index (χ2v) is 4.76. The van der Waals surface area contributed by atoms with Crippen molar-refractivity contribution in [2.24, 2.45) is 0 Å². The molecule has 0 fully saturated rings. The van der Waals surface area contributed by atoms with Crippen molar-refractivity contribution in [3.63, 3.8) is 0 Å². The van der Waals surface area contributed by atoms with Gasteiger partial charge in [0, 0.05) is 30.4 Å². The van der Waals surface area contributed by atoms with Gasteiger partial charge in [0.1, 0.15) is 11.6 Å². The van der Waals surface area contributed by atoms with Gasteiger partial charge in [0.15, 0.2) is 0 Å². The molecule has 0 saturated carbocycles. The van der Waals surface area contributed by atoms with Crippen LogP contribution in [0.2, 0.25) is 0 Å². The number of benzene rings is 2. The Hall–Kier alpha value is -2.43. The quantitative estimate of drug-likeness (QED) is 0.898. The first-order valence-electron chi connectivity index (χ1n) is 6.52. The van der Waals surface area contributed by atoms with E-state index in [1.807, 2.05) is 13.0 Å². The van der Waals surface area contributed by atoms with E-state index in [2.05, 4.69) is 10.6 Å². The average molecular weight is 290 g/mol. The summed E-state index contributed by atoms with van der Waals surface area (Å²) in [4.78, 5) is 11.1. The molecule has 0 atom stereocenters. The molecule has 3 nitrogen and oxygen atoms in total. The van der Waals surface area contributed by atoms with Crippen molar-refractivity contribution < 1.29 is 13.6 Å². The van der Waals surface area contributed by atoms with Gasteiger partial charge in [0.25, 0.3) is 0 Å². The predicted molar refractivity (Wildman–Crippen MR) is 79.2 cm³/mol. The average Bonchev–Trinajstić information content (AvgIpc) is 2.41. The van der Waals surface area contributed by atoms with Gasteiger partial charge in [-0.15, -0.1) is 0 Å². The maximum absolute atomic E-state index is 13.5. The van der Waals surface area contributed by atoms with Crippen LogP contribution in [0.25, 0.3) is 0 Å². The molecule has 2 rings (SSSR count). The van der Waals surface area contributed by atoms with Gasteiger partial charge in [-0.3, -0.25) is 4.79 Å². The predicted octanol–water partition coefficient (Wildman–Crippen LogP) is 3.84. The molecule has 110 valence electrons. The molecule has 2 aromatic rings. The maximum Gasteiger partial charge on any atom is 0.221 e. The molecule has 0 aliphatic carbocycles. The smallest absolute Gasteiger partial charge is 0.221 e. The molecule has 1 amide bonds. The Balaban J connectivity index is 2.15. The number of carbonyl (C=O) groups is 1. The number of amides is 1. The fraction of sp³-hybridized carbons (Fsp3) is 0.188. The molecular weight excluding hydrogens is 274 g/mol. The Morgan fingerprint density at radius 3 is 2.43 bits per heavy atom. The molecule has 5 heteroatoms. The van der Waals surface area contributed by atoms with Gasteiger partial charge in [-0.1, -0.05) is 12.1 Å². The van der Waals surface area contributed by atoms with Crippen LogP contribution in [0.1, 0.15) is 18.1 Å². The Kier molecular flexibility index (Phi) is 4.52. The van der Waals surface area contributed by atoms with Crippen molar-refractivity contribution in [1.82, 2.24) is 0 Å². The summed E-state index contributed by atoms with van der Waals surface area (Å²) in [5.41, 5.74) is 2.24. The van der Waals surface area contributed by atoms with E-state index in [9.17, 15) is 13.6 Å². The van der Waals surface area contributed by atoms with Gasteiger partial charge in [0.05, 0.1) is 0 Å². The van der Waals surface area contributed by atoms with E-state index in [0.29, 0.717) is 11.4 Å². The number of carbonyl (C=O) groups excluding carboxylic acids is 1. The fourth-order valence-electron chi connectivity index (χ4n) is 1.95. The monoisotopic (exact) mass is 290 g/mol. The molecule has 2 aromatic carbocycles. The second kappa shape index (κ2) is 6.35. The van der Waals surface area contributed by atoms with Crippen LogP contribution in [-0.4, -0.2) is 5.91 Å². The highest BCUT2D eigenvalue weighted by molar-refractivity contribution is 5.90. The Morgan fingerprint density at radius 2 is 1.81 bits per heavy atom. The Labute approximate surface area is 122 Å². The molecule has 0 spiro atoms. The zero-order valence-corrected chi connectivity index (χ0v) is 11.8. The minimum atomic E-state index is -0.586. The first kappa shape index (κ1) is 15.0. The topological polar surface area (TPSA) is 41.1 Å². The second-order valence-electron chi connectivity index (χ2n) is 4.76. The van der Waals surface area contributed by atoms with E-state index in [0.717, 1.165) is 5.56 Å². The molecule has 0 saturated heterocycles. The number of hydrogen-bond acceptors (Lipinski definition) is 2. The fourth-order valence-corrected chi connectivity index (χ4v) is 1.95. The van der Waals surface area contributed by atoms with Crippen molar-refractivity contribution in [2.75, 3.05) is 10.6 Å². The third kappa shape index (κ3) is 3.78. The van der Waals surface area contributed by atoms with Crippen molar-refractivity contribution in [3.05, 3.63) is 59.2 Å². The number of aryl methyl sites for hydroxylation is 1. The molecule has 0 radical (unpaired) electrons. The number of anilines is 2. The van der Waals surface area contributed by atoms with E-state index in [-0.39, 0.29) is 18.0 Å². The first-order valence-corrected chi connectivity index (χ1v) is 6.52. The number of halogens is 2. The van der Waals surface area contributed by atoms with E-state index in [1.54, 1.807) is 12.1 Å². The largest absolute Gasteiger partial charge is 0.381 e. The lowest BCUT2D eigenvalue weighted by Gasteiger charge is -2.12. The minimum Gasteiger partial charge on any atom is -0.381 e. The van der Waals surface area contributed by atoms with Crippen LogP contribution < -0.4 is 10.6 Å². The molecule has 0 heterocycles. The van der Waals surface area contributed by atoms with Crippen LogP contribution in [0, 0.1) is 18.6 Å². The lowest BCUT2D eigenvalue weighted by molar-refractivity contribution is -0.114. The van der Waals surface area contributed by atoms with Gasteiger partial charge in [0.2, 0.25) is 5.91 Å². The summed E-state index contributed by atoms with van der Waals surface area (Å²) < 4.78 is 27.1. The SMILES string of the molecule is CC(=O)Nc1cc(NCc2c(F)cccc2F)ccc1C. The normalized spacial score (nSPS) is 10.3. The third-order valence-corrected chi connectivity index (χ3v) is 3.08. The van der Waals surface area contributed by atoms with Crippen LogP contribution in [0.4, 0.5) is 20.2 Å². The molecular formula is C16H16F2N2O. The first-order chi connectivity index (χ1) is 9.97. The summed E-state index contributed by atoms with van der Waals surface area (Å²) in [5.74, 6) is -1.34. The molecule has 2 N–H and O–H groups in total. The third-order valence-electron chi connectivity index (χ3n) is 3.08.